The second-order valence-electron chi connectivity index (χ2n) is 5.68. The van der Waals surface area contributed by atoms with Crippen molar-refractivity contribution in [2.24, 2.45) is 0 Å². The van der Waals surface area contributed by atoms with Gasteiger partial charge in [0.1, 0.15) is 6.04 Å². The van der Waals surface area contributed by atoms with Crippen molar-refractivity contribution in [1.29, 1.82) is 0 Å². The molecule has 118 valence electrons. The molecule has 0 aliphatic heterocycles. The Morgan fingerprint density at radius 3 is 2.68 bits per heavy atom. The second-order valence-corrected chi connectivity index (χ2v) is 5.68. The number of nitrogens with zero attached hydrogens (tertiary/aromatic N) is 3. The second kappa shape index (κ2) is 7.75. The minimum absolute atomic E-state index is 0.0120. The SMILES string of the molecule is C[C@H](CNC(=O)[C@H](C)n1ccnc1)N(C)Cc1ccccc1. The predicted molar refractivity (Wildman–Crippen MR) is 87.3 cm³/mol. The molecule has 1 heterocycles. The van der Waals surface area contributed by atoms with Gasteiger partial charge in [0.2, 0.25) is 5.91 Å². The third-order valence-electron chi connectivity index (χ3n) is 3.95. The molecule has 2 rings (SSSR count). The van der Waals surface area contributed by atoms with Crippen LogP contribution in [-0.2, 0) is 11.3 Å². The number of rotatable bonds is 7. The summed E-state index contributed by atoms with van der Waals surface area (Å²) in [6.07, 6.45) is 5.14. The van der Waals surface area contributed by atoms with Gasteiger partial charge >= 0.3 is 0 Å². The van der Waals surface area contributed by atoms with Gasteiger partial charge in [0.05, 0.1) is 6.33 Å². The molecule has 0 spiro atoms. The number of carbonyl (C=O) groups excluding carboxylic acids is 1. The first-order valence-corrected chi connectivity index (χ1v) is 7.57. The summed E-state index contributed by atoms with van der Waals surface area (Å²) in [5.41, 5.74) is 1.27. The highest BCUT2D eigenvalue weighted by atomic mass is 16.2. The Bertz CT molecular complexity index is 568. The van der Waals surface area contributed by atoms with E-state index in [1.807, 2.05) is 25.1 Å². The van der Waals surface area contributed by atoms with Gasteiger partial charge in [0.25, 0.3) is 0 Å². The third kappa shape index (κ3) is 4.43. The first-order chi connectivity index (χ1) is 10.6. The average molecular weight is 300 g/mol. The summed E-state index contributed by atoms with van der Waals surface area (Å²) in [6.45, 7) is 5.48. The lowest BCUT2D eigenvalue weighted by Crippen LogP contribution is -2.41. The lowest BCUT2D eigenvalue weighted by atomic mass is 10.2. The van der Waals surface area contributed by atoms with Gasteiger partial charge in [-0.25, -0.2) is 4.98 Å². The van der Waals surface area contributed by atoms with Gasteiger partial charge in [-0.1, -0.05) is 30.3 Å². The van der Waals surface area contributed by atoms with Crippen molar-refractivity contribution in [2.75, 3.05) is 13.6 Å². The van der Waals surface area contributed by atoms with E-state index in [0.717, 1.165) is 6.54 Å². The van der Waals surface area contributed by atoms with E-state index in [9.17, 15) is 4.79 Å². The Labute approximate surface area is 132 Å². The summed E-state index contributed by atoms with van der Waals surface area (Å²) in [4.78, 5) is 18.4. The van der Waals surface area contributed by atoms with Crippen molar-refractivity contribution in [3.8, 4) is 0 Å². The van der Waals surface area contributed by atoms with Crippen molar-refractivity contribution >= 4 is 5.91 Å². The molecule has 0 saturated carbocycles. The minimum Gasteiger partial charge on any atom is -0.353 e. The lowest BCUT2D eigenvalue weighted by Gasteiger charge is -2.25. The molecule has 0 saturated heterocycles. The molecular weight excluding hydrogens is 276 g/mol. The molecule has 2 atom stereocenters. The molecule has 1 amide bonds. The van der Waals surface area contributed by atoms with Crippen LogP contribution in [0, 0.1) is 0 Å². The number of amides is 1. The van der Waals surface area contributed by atoms with Crippen LogP contribution in [0.2, 0.25) is 0 Å². The Kier molecular flexibility index (Phi) is 5.72. The van der Waals surface area contributed by atoms with E-state index in [4.69, 9.17) is 0 Å². The lowest BCUT2D eigenvalue weighted by molar-refractivity contribution is -0.124. The van der Waals surface area contributed by atoms with Gasteiger partial charge in [0, 0.05) is 31.5 Å². The molecule has 0 aliphatic rings. The van der Waals surface area contributed by atoms with Crippen LogP contribution in [0.1, 0.15) is 25.5 Å². The molecule has 22 heavy (non-hydrogen) atoms. The molecule has 0 fully saturated rings. The monoisotopic (exact) mass is 300 g/mol. The Hall–Kier alpha value is -2.14. The summed E-state index contributed by atoms with van der Waals surface area (Å²) in [6, 6.07) is 10.4. The number of imidazole rings is 1. The first kappa shape index (κ1) is 16.2. The van der Waals surface area contributed by atoms with E-state index in [0.29, 0.717) is 6.54 Å². The summed E-state index contributed by atoms with van der Waals surface area (Å²) >= 11 is 0. The highest BCUT2D eigenvalue weighted by molar-refractivity contribution is 5.79. The molecule has 1 aromatic heterocycles. The maximum atomic E-state index is 12.1. The Morgan fingerprint density at radius 2 is 2.05 bits per heavy atom. The van der Waals surface area contributed by atoms with Gasteiger partial charge in [-0.2, -0.15) is 0 Å². The Balaban J connectivity index is 1.79. The molecular formula is C17H24N4O. The molecule has 0 unspecified atom stereocenters. The average Bonchev–Trinajstić information content (AvgIpc) is 3.06. The van der Waals surface area contributed by atoms with Crippen LogP contribution in [-0.4, -0.2) is 40.0 Å². The highest BCUT2D eigenvalue weighted by Gasteiger charge is 2.16. The smallest absolute Gasteiger partial charge is 0.242 e. The van der Waals surface area contributed by atoms with Crippen LogP contribution < -0.4 is 5.32 Å². The van der Waals surface area contributed by atoms with Crippen LogP contribution in [0.5, 0.6) is 0 Å². The van der Waals surface area contributed by atoms with E-state index in [1.165, 1.54) is 5.56 Å². The van der Waals surface area contributed by atoms with Crippen LogP contribution in [0.25, 0.3) is 0 Å². The number of aromatic nitrogens is 2. The number of hydrogen-bond donors (Lipinski definition) is 1. The standard InChI is InChI=1S/C17H24N4O/c1-14(20(3)12-16-7-5-4-6-8-16)11-19-17(22)15(2)21-10-9-18-13-21/h4-10,13-15H,11-12H2,1-3H3,(H,19,22)/t14-,15+/m1/s1. The molecule has 1 aromatic carbocycles. The quantitative estimate of drug-likeness (QED) is 0.852. The predicted octanol–water partition coefficient (Wildman–Crippen LogP) is 2.08. The van der Waals surface area contributed by atoms with E-state index in [-0.39, 0.29) is 18.0 Å². The van der Waals surface area contributed by atoms with Gasteiger partial charge in [-0.15, -0.1) is 0 Å². The normalized spacial score (nSPS) is 13.8. The summed E-state index contributed by atoms with van der Waals surface area (Å²) in [5.74, 6) is 0.0120. The van der Waals surface area contributed by atoms with Crippen LogP contribution in [0.3, 0.4) is 0 Å². The van der Waals surface area contributed by atoms with Crippen molar-refractivity contribution in [3.63, 3.8) is 0 Å². The van der Waals surface area contributed by atoms with Crippen molar-refractivity contribution in [3.05, 3.63) is 54.6 Å². The number of nitrogens with one attached hydrogen (secondary N) is 1. The van der Waals surface area contributed by atoms with E-state index >= 15 is 0 Å². The van der Waals surface area contributed by atoms with Gasteiger partial charge in [-0.3, -0.25) is 9.69 Å². The molecule has 5 nitrogen and oxygen atoms in total. The van der Waals surface area contributed by atoms with E-state index in [1.54, 1.807) is 23.3 Å². The molecule has 2 aromatic rings. The highest BCUT2D eigenvalue weighted by Crippen LogP contribution is 2.07. The summed E-state index contributed by atoms with van der Waals surface area (Å²) < 4.78 is 1.80. The molecule has 5 heteroatoms. The zero-order valence-corrected chi connectivity index (χ0v) is 13.4. The van der Waals surface area contributed by atoms with Crippen molar-refractivity contribution in [1.82, 2.24) is 19.8 Å². The largest absolute Gasteiger partial charge is 0.353 e. The molecule has 0 radical (unpaired) electrons. The third-order valence-corrected chi connectivity index (χ3v) is 3.95. The number of benzene rings is 1. The zero-order chi connectivity index (χ0) is 15.9. The maximum Gasteiger partial charge on any atom is 0.242 e. The Morgan fingerprint density at radius 1 is 1.32 bits per heavy atom. The van der Waals surface area contributed by atoms with Gasteiger partial charge in [-0.05, 0) is 26.5 Å². The molecule has 0 aliphatic carbocycles. The van der Waals surface area contributed by atoms with Crippen molar-refractivity contribution < 1.29 is 4.79 Å². The van der Waals surface area contributed by atoms with E-state index in [2.05, 4.69) is 41.3 Å². The fraction of sp³-hybridized carbons (Fsp3) is 0.412. The summed E-state index contributed by atoms with van der Waals surface area (Å²) in [7, 11) is 2.07. The van der Waals surface area contributed by atoms with Crippen LogP contribution >= 0.6 is 0 Å². The topological polar surface area (TPSA) is 50.2 Å². The first-order valence-electron chi connectivity index (χ1n) is 7.57. The summed E-state index contributed by atoms with van der Waals surface area (Å²) in [5, 5.41) is 3.01. The minimum atomic E-state index is -0.242. The number of hydrogen-bond acceptors (Lipinski definition) is 3. The van der Waals surface area contributed by atoms with E-state index < -0.39 is 0 Å². The van der Waals surface area contributed by atoms with Crippen LogP contribution in [0.15, 0.2) is 49.1 Å². The number of carbonyl (C=O) groups is 1. The van der Waals surface area contributed by atoms with Gasteiger partial charge in [0.15, 0.2) is 0 Å². The zero-order valence-electron chi connectivity index (χ0n) is 13.4. The van der Waals surface area contributed by atoms with Crippen LogP contribution in [0.4, 0.5) is 0 Å². The number of likely N-dealkylation sites (N-methyl/N-ethyl adjacent to an activating group) is 1. The fourth-order valence-corrected chi connectivity index (χ4v) is 2.21. The maximum absolute atomic E-state index is 12.1. The molecule has 1 N–H and O–H groups in total. The van der Waals surface area contributed by atoms with Gasteiger partial charge < -0.3 is 9.88 Å². The molecule has 0 bridgehead atoms. The fourth-order valence-electron chi connectivity index (χ4n) is 2.21. The van der Waals surface area contributed by atoms with Crippen molar-refractivity contribution in [2.45, 2.75) is 32.5 Å².